The number of piperidine rings is 1. The molecular weight excluding hydrogens is 410 g/mol. The molecule has 0 bridgehead atoms. The molecule has 2 saturated heterocycles. The van der Waals surface area contributed by atoms with Crippen LogP contribution in [0.15, 0.2) is 23.4 Å². The topological polar surface area (TPSA) is 69.6 Å². The summed E-state index contributed by atoms with van der Waals surface area (Å²) in [6.07, 6.45) is 4.55. The average molecular weight is 436 g/mol. The molecule has 31 heavy (non-hydrogen) atoms. The Hall–Kier alpha value is -2.42. The lowest BCUT2D eigenvalue weighted by Crippen LogP contribution is -2.45. The van der Waals surface area contributed by atoms with Gasteiger partial charge in [0.25, 0.3) is 0 Å². The van der Waals surface area contributed by atoms with Crippen LogP contribution in [0.1, 0.15) is 44.1 Å². The largest absolute Gasteiger partial charge is 0.485 e. The number of ether oxygens (including phenoxy) is 3. The fraction of sp³-hybridized carbons (Fsp3) is 0.636. The number of hydrogen-bond donors (Lipinski definition) is 0. The van der Waals surface area contributed by atoms with Crippen LogP contribution in [0.3, 0.4) is 0 Å². The van der Waals surface area contributed by atoms with Crippen LogP contribution in [-0.2, 0) is 14.4 Å². The molecule has 0 radical (unpaired) electrons. The van der Waals surface area contributed by atoms with E-state index in [1.807, 2.05) is 4.90 Å². The molecule has 4 aliphatic rings. The zero-order chi connectivity index (χ0) is 21.4. The Morgan fingerprint density at radius 2 is 2.13 bits per heavy atom. The van der Waals surface area contributed by atoms with Crippen LogP contribution in [0.5, 0.6) is 11.5 Å². The van der Waals surface area contributed by atoms with E-state index in [2.05, 4.69) is 5.16 Å². The van der Waals surface area contributed by atoms with Gasteiger partial charge in [-0.1, -0.05) is 5.16 Å². The van der Waals surface area contributed by atoms with E-state index in [4.69, 9.17) is 19.0 Å². The number of rotatable bonds is 6. The summed E-state index contributed by atoms with van der Waals surface area (Å²) >= 11 is 0. The first-order valence-electron chi connectivity index (χ1n) is 10.9. The van der Waals surface area contributed by atoms with Crippen LogP contribution in [0.4, 0.5) is 8.78 Å². The zero-order valence-electron chi connectivity index (χ0n) is 17.2. The molecule has 3 aliphatic heterocycles. The molecule has 0 aromatic heterocycles. The lowest BCUT2D eigenvalue weighted by Gasteiger charge is -2.33. The van der Waals surface area contributed by atoms with E-state index >= 15 is 0 Å². The second-order valence-electron chi connectivity index (χ2n) is 8.77. The van der Waals surface area contributed by atoms with E-state index in [0.717, 1.165) is 43.4 Å². The summed E-state index contributed by atoms with van der Waals surface area (Å²) in [4.78, 5) is 19.9. The van der Waals surface area contributed by atoms with Crippen LogP contribution in [0, 0.1) is 5.92 Å². The summed E-state index contributed by atoms with van der Waals surface area (Å²) in [6, 6.07) is 4.84. The fourth-order valence-corrected chi connectivity index (χ4v) is 4.45. The Morgan fingerprint density at radius 3 is 2.87 bits per heavy atom. The van der Waals surface area contributed by atoms with E-state index in [1.165, 1.54) is 6.07 Å². The minimum Gasteiger partial charge on any atom is -0.485 e. The molecule has 9 heteroatoms. The van der Waals surface area contributed by atoms with Gasteiger partial charge in [0.15, 0.2) is 17.1 Å². The normalized spacial score (nSPS) is 28.0. The Labute approximate surface area is 179 Å². The molecule has 0 N–H and O–H groups in total. The summed E-state index contributed by atoms with van der Waals surface area (Å²) in [5.41, 5.74) is 1.04. The highest BCUT2D eigenvalue weighted by Gasteiger charge is 2.43. The van der Waals surface area contributed by atoms with Gasteiger partial charge in [0.2, 0.25) is 5.91 Å². The molecule has 1 spiro atoms. The highest BCUT2D eigenvalue weighted by molar-refractivity contribution is 6.02. The molecule has 168 valence electrons. The number of hydrogen-bond acceptors (Lipinski definition) is 6. The second kappa shape index (κ2) is 8.26. The van der Waals surface area contributed by atoms with Crippen LogP contribution in [0.25, 0.3) is 0 Å². The number of carbonyl (C=O) groups is 1. The smallest absolute Gasteiger partial charge is 0.387 e. The minimum atomic E-state index is -2.96. The van der Waals surface area contributed by atoms with Gasteiger partial charge in [-0.3, -0.25) is 4.79 Å². The van der Waals surface area contributed by atoms with Crippen LogP contribution < -0.4 is 9.47 Å². The quantitative estimate of drug-likeness (QED) is 0.684. The molecule has 7 nitrogen and oxygen atoms in total. The van der Waals surface area contributed by atoms with Gasteiger partial charge in [-0.05, 0) is 43.9 Å². The summed E-state index contributed by atoms with van der Waals surface area (Å²) in [5.74, 6) is 0.525. The SMILES string of the molecule is O=C(C1CC1)N1CCCC(Oc2cc(C3=NOC4(CCOC4)C3)ccc2OC(F)F)C1. The predicted octanol–water partition coefficient (Wildman–Crippen LogP) is 3.35. The fourth-order valence-electron chi connectivity index (χ4n) is 4.45. The van der Waals surface area contributed by atoms with E-state index in [1.54, 1.807) is 12.1 Å². The predicted molar refractivity (Wildman–Crippen MR) is 106 cm³/mol. The maximum Gasteiger partial charge on any atom is 0.387 e. The van der Waals surface area contributed by atoms with Gasteiger partial charge in [0, 0.05) is 30.9 Å². The summed E-state index contributed by atoms with van der Waals surface area (Å²) in [7, 11) is 0. The molecule has 3 heterocycles. The van der Waals surface area contributed by atoms with E-state index in [-0.39, 0.29) is 29.4 Å². The Bertz CT molecular complexity index is 867. The van der Waals surface area contributed by atoms with E-state index in [0.29, 0.717) is 32.7 Å². The van der Waals surface area contributed by atoms with E-state index in [9.17, 15) is 13.6 Å². The van der Waals surface area contributed by atoms with Crippen molar-refractivity contribution in [3.63, 3.8) is 0 Å². The number of nitrogens with zero attached hydrogens (tertiary/aromatic N) is 2. The molecule has 2 atom stereocenters. The monoisotopic (exact) mass is 436 g/mol. The van der Waals surface area contributed by atoms with E-state index < -0.39 is 12.2 Å². The average Bonchev–Trinajstić information content (AvgIpc) is 3.38. The second-order valence-corrected chi connectivity index (χ2v) is 8.77. The van der Waals surface area contributed by atoms with Gasteiger partial charge in [-0.25, -0.2) is 0 Å². The van der Waals surface area contributed by atoms with Gasteiger partial charge in [0.1, 0.15) is 6.10 Å². The van der Waals surface area contributed by atoms with Crippen LogP contribution in [0.2, 0.25) is 0 Å². The molecule has 1 aromatic carbocycles. The van der Waals surface area contributed by atoms with Gasteiger partial charge < -0.3 is 23.9 Å². The van der Waals surface area contributed by atoms with Crippen molar-refractivity contribution in [3.05, 3.63) is 23.8 Å². The zero-order valence-corrected chi connectivity index (χ0v) is 17.2. The lowest BCUT2D eigenvalue weighted by molar-refractivity contribution is -0.135. The van der Waals surface area contributed by atoms with Crippen molar-refractivity contribution in [1.82, 2.24) is 4.90 Å². The summed E-state index contributed by atoms with van der Waals surface area (Å²) in [6.45, 7) is -0.663. The molecule has 2 unspecified atom stereocenters. The Kier molecular flexibility index (Phi) is 5.45. The van der Waals surface area contributed by atoms with Crippen molar-refractivity contribution < 1.29 is 32.6 Å². The third-order valence-corrected chi connectivity index (χ3v) is 6.31. The third-order valence-electron chi connectivity index (χ3n) is 6.31. The molecule has 1 aliphatic carbocycles. The number of halogens is 2. The number of carbonyl (C=O) groups excluding carboxylic acids is 1. The number of benzene rings is 1. The van der Waals surface area contributed by atoms with Crippen molar-refractivity contribution in [3.8, 4) is 11.5 Å². The first-order valence-corrected chi connectivity index (χ1v) is 10.9. The standard InChI is InChI=1S/C22H26F2N2O5/c23-21(24)30-18-6-5-15(17-11-22(31-25-17)7-9-28-13-22)10-19(18)29-16-2-1-8-26(12-16)20(27)14-3-4-14/h5-6,10,14,16,21H,1-4,7-9,11-13H2. The molecular formula is C22H26F2N2O5. The Morgan fingerprint density at radius 1 is 1.26 bits per heavy atom. The van der Waals surface area contributed by atoms with Crippen molar-refractivity contribution in [2.24, 2.45) is 11.1 Å². The molecule has 3 fully saturated rings. The lowest BCUT2D eigenvalue weighted by atomic mass is 9.93. The number of oxime groups is 1. The Balaban J connectivity index is 1.33. The van der Waals surface area contributed by atoms with Crippen LogP contribution in [-0.4, -0.2) is 61.1 Å². The molecule has 5 rings (SSSR count). The molecule has 1 amide bonds. The highest BCUT2D eigenvalue weighted by Crippen LogP contribution is 2.38. The van der Waals surface area contributed by atoms with Gasteiger partial charge in [-0.2, -0.15) is 8.78 Å². The number of likely N-dealkylation sites (tertiary alicyclic amines) is 1. The minimum absolute atomic E-state index is 0.0252. The van der Waals surface area contributed by atoms with Crippen molar-refractivity contribution in [2.45, 2.75) is 56.8 Å². The van der Waals surface area contributed by atoms with Gasteiger partial charge in [-0.15, -0.1) is 0 Å². The summed E-state index contributed by atoms with van der Waals surface area (Å²) < 4.78 is 42.2. The first kappa shape index (κ1) is 20.5. The number of alkyl halides is 2. The van der Waals surface area contributed by atoms with Crippen molar-refractivity contribution >= 4 is 11.6 Å². The molecule has 1 saturated carbocycles. The maximum atomic E-state index is 13.0. The maximum absolute atomic E-state index is 13.0. The van der Waals surface area contributed by atoms with Crippen LogP contribution >= 0.6 is 0 Å². The highest BCUT2D eigenvalue weighted by atomic mass is 19.3. The summed E-state index contributed by atoms with van der Waals surface area (Å²) in [5, 5.41) is 4.22. The first-order chi connectivity index (χ1) is 15.0. The van der Waals surface area contributed by atoms with Crippen molar-refractivity contribution in [1.29, 1.82) is 0 Å². The molecule has 1 aromatic rings. The number of amides is 1. The van der Waals surface area contributed by atoms with Gasteiger partial charge >= 0.3 is 6.61 Å². The van der Waals surface area contributed by atoms with Crippen molar-refractivity contribution in [2.75, 3.05) is 26.3 Å². The van der Waals surface area contributed by atoms with Gasteiger partial charge in [0.05, 0.1) is 25.5 Å². The third kappa shape index (κ3) is 4.46.